The molecule has 1 aliphatic carbocycles. The lowest BCUT2D eigenvalue weighted by atomic mass is 9.95. The maximum absolute atomic E-state index is 13.7. The third-order valence-electron chi connectivity index (χ3n) is 3.55. The Labute approximate surface area is 115 Å². The number of benzene rings is 1. The van der Waals surface area contributed by atoms with Crippen molar-refractivity contribution < 1.29 is 13.0 Å². The second kappa shape index (κ2) is 6.57. The molecule has 106 valence electrons. The van der Waals surface area contributed by atoms with Crippen LogP contribution in [0.25, 0.3) is 0 Å². The van der Waals surface area contributed by atoms with Gasteiger partial charge in [0.2, 0.25) is 0 Å². The normalized spacial score (nSPS) is 25.2. The molecule has 1 N–H and O–H groups in total. The summed E-state index contributed by atoms with van der Waals surface area (Å²) >= 11 is 0. The van der Waals surface area contributed by atoms with Crippen molar-refractivity contribution in [3.63, 3.8) is 0 Å². The first-order valence-corrected chi connectivity index (χ1v) is 7.93. The SMILES string of the molecule is CCNC1CCCCC1S(=O)c1ccc(F)cc1F. The van der Waals surface area contributed by atoms with E-state index in [4.69, 9.17) is 0 Å². The first-order valence-electron chi connectivity index (χ1n) is 6.72. The molecule has 2 rings (SSSR count). The van der Waals surface area contributed by atoms with Crippen molar-refractivity contribution >= 4 is 10.8 Å². The van der Waals surface area contributed by atoms with Crippen LogP contribution in [0, 0.1) is 11.6 Å². The Bertz CT molecular complexity index is 465. The quantitative estimate of drug-likeness (QED) is 0.922. The fraction of sp³-hybridized carbons (Fsp3) is 0.571. The van der Waals surface area contributed by atoms with E-state index < -0.39 is 22.4 Å². The van der Waals surface area contributed by atoms with Gasteiger partial charge in [-0.1, -0.05) is 19.8 Å². The molecule has 0 radical (unpaired) electrons. The van der Waals surface area contributed by atoms with Gasteiger partial charge in [0.1, 0.15) is 11.6 Å². The molecular weight excluding hydrogens is 268 g/mol. The molecule has 19 heavy (non-hydrogen) atoms. The summed E-state index contributed by atoms with van der Waals surface area (Å²) in [5.74, 6) is -1.34. The molecule has 3 atom stereocenters. The highest BCUT2D eigenvalue weighted by Crippen LogP contribution is 2.27. The van der Waals surface area contributed by atoms with E-state index in [2.05, 4.69) is 5.32 Å². The van der Waals surface area contributed by atoms with Crippen molar-refractivity contribution in [2.24, 2.45) is 0 Å². The summed E-state index contributed by atoms with van der Waals surface area (Å²) in [6, 6.07) is 3.43. The lowest BCUT2D eigenvalue weighted by Crippen LogP contribution is -2.44. The van der Waals surface area contributed by atoms with Crippen LogP contribution in [0.15, 0.2) is 23.1 Å². The van der Waals surface area contributed by atoms with Crippen LogP contribution in [0.3, 0.4) is 0 Å². The van der Waals surface area contributed by atoms with E-state index in [0.29, 0.717) is 0 Å². The van der Waals surface area contributed by atoms with E-state index in [-0.39, 0.29) is 16.2 Å². The summed E-state index contributed by atoms with van der Waals surface area (Å²) in [5, 5.41) is 3.24. The summed E-state index contributed by atoms with van der Waals surface area (Å²) in [4.78, 5) is 0.121. The molecule has 3 unspecified atom stereocenters. The summed E-state index contributed by atoms with van der Waals surface area (Å²) in [6.07, 6.45) is 3.91. The number of hydrogen-bond acceptors (Lipinski definition) is 2. The maximum atomic E-state index is 13.7. The lowest BCUT2D eigenvalue weighted by molar-refractivity contribution is 0.384. The maximum Gasteiger partial charge on any atom is 0.142 e. The van der Waals surface area contributed by atoms with Crippen molar-refractivity contribution in [1.29, 1.82) is 0 Å². The number of nitrogens with one attached hydrogen (secondary N) is 1. The highest BCUT2D eigenvalue weighted by atomic mass is 32.2. The van der Waals surface area contributed by atoms with Crippen LogP contribution >= 0.6 is 0 Å². The van der Waals surface area contributed by atoms with Crippen molar-refractivity contribution in [3.05, 3.63) is 29.8 Å². The molecule has 0 aliphatic heterocycles. The molecule has 0 bridgehead atoms. The highest BCUT2D eigenvalue weighted by molar-refractivity contribution is 7.85. The van der Waals surface area contributed by atoms with Crippen LogP contribution < -0.4 is 5.32 Å². The minimum atomic E-state index is -1.43. The predicted octanol–water partition coefficient (Wildman–Crippen LogP) is 2.99. The Morgan fingerprint density at radius 2 is 2.05 bits per heavy atom. The van der Waals surface area contributed by atoms with Crippen LogP contribution in [-0.4, -0.2) is 22.0 Å². The zero-order chi connectivity index (χ0) is 13.8. The van der Waals surface area contributed by atoms with Crippen LogP contribution in [-0.2, 0) is 10.8 Å². The molecule has 1 aromatic carbocycles. The first-order chi connectivity index (χ1) is 9.13. The van der Waals surface area contributed by atoms with Gasteiger partial charge in [0.15, 0.2) is 0 Å². The molecule has 2 nitrogen and oxygen atoms in total. The molecule has 1 aliphatic rings. The smallest absolute Gasteiger partial charge is 0.142 e. The molecule has 0 saturated heterocycles. The van der Waals surface area contributed by atoms with Crippen molar-refractivity contribution in [1.82, 2.24) is 5.32 Å². The summed E-state index contributed by atoms with van der Waals surface area (Å²) in [5.41, 5.74) is 0. The Hall–Kier alpha value is -0.810. The molecule has 0 amide bonds. The van der Waals surface area contributed by atoms with E-state index >= 15 is 0 Å². The van der Waals surface area contributed by atoms with Crippen molar-refractivity contribution in [2.45, 2.75) is 48.8 Å². The third-order valence-corrected chi connectivity index (χ3v) is 5.43. The second-order valence-corrected chi connectivity index (χ2v) is 6.50. The topological polar surface area (TPSA) is 29.1 Å². The Kier molecular flexibility index (Phi) is 5.05. The van der Waals surface area contributed by atoms with Crippen LogP contribution in [0.5, 0.6) is 0 Å². The van der Waals surface area contributed by atoms with Gasteiger partial charge in [0, 0.05) is 12.1 Å². The van der Waals surface area contributed by atoms with Gasteiger partial charge in [-0.25, -0.2) is 8.78 Å². The second-order valence-electron chi connectivity index (χ2n) is 4.86. The molecule has 0 heterocycles. The number of halogens is 2. The van der Waals surface area contributed by atoms with E-state index in [1.54, 1.807) is 0 Å². The fourth-order valence-electron chi connectivity index (χ4n) is 2.65. The molecule has 1 saturated carbocycles. The average Bonchev–Trinajstić information content (AvgIpc) is 2.39. The van der Waals surface area contributed by atoms with Gasteiger partial charge in [-0.2, -0.15) is 0 Å². The molecule has 5 heteroatoms. The largest absolute Gasteiger partial charge is 0.313 e. The van der Waals surface area contributed by atoms with E-state index in [0.717, 1.165) is 38.3 Å². The minimum absolute atomic E-state index is 0.0892. The zero-order valence-corrected chi connectivity index (χ0v) is 11.8. The molecule has 1 fully saturated rings. The standard InChI is InChI=1S/C14H19F2NOS/c1-2-17-12-5-3-4-6-14(12)19(18)13-8-7-10(15)9-11(13)16/h7-9,12,14,17H,2-6H2,1H3. The van der Waals surface area contributed by atoms with Gasteiger partial charge < -0.3 is 5.32 Å². The van der Waals surface area contributed by atoms with Gasteiger partial charge >= 0.3 is 0 Å². The van der Waals surface area contributed by atoms with Crippen molar-refractivity contribution in [2.75, 3.05) is 6.54 Å². The third kappa shape index (κ3) is 3.39. The molecular formula is C14H19F2NOS. The molecule has 1 aromatic rings. The Balaban J connectivity index is 2.21. The number of hydrogen-bond donors (Lipinski definition) is 1. The monoisotopic (exact) mass is 287 g/mol. The van der Waals surface area contributed by atoms with Gasteiger partial charge in [-0.15, -0.1) is 0 Å². The number of rotatable bonds is 4. The predicted molar refractivity (Wildman–Crippen MR) is 72.5 cm³/mol. The van der Waals surface area contributed by atoms with Crippen LogP contribution in [0.4, 0.5) is 8.78 Å². The first kappa shape index (κ1) is 14.6. The van der Waals surface area contributed by atoms with Gasteiger partial charge in [0.25, 0.3) is 0 Å². The molecule has 0 aromatic heterocycles. The zero-order valence-electron chi connectivity index (χ0n) is 11.0. The summed E-state index contributed by atoms with van der Waals surface area (Å²) in [7, 11) is -1.43. The van der Waals surface area contributed by atoms with E-state index in [9.17, 15) is 13.0 Å². The Morgan fingerprint density at radius 1 is 1.32 bits per heavy atom. The van der Waals surface area contributed by atoms with Gasteiger partial charge in [-0.05, 0) is 31.5 Å². The van der Waals surface area contributed by atoms with E-state index in [1.165, 1.54) is 12.1 Å². The van der Waals surface area contributed by atoms with Gasteiger partial charge in [-0.3, -0.25) is 4.21 Å². The highest BCUT2D eigenvalue weighted by Gasteiger charge is 2.31. The average molecular weight is 287 g/mol. The summed E-state index contributed by atoms with van der Waals surface area (Å²) in [6.45, 7) is 2.82. The fourth-order valence-corrected chi connectivity index (χ4v) is 4.34. The van der Waals surface area contributed by atoms with Gasteiger partial charge in [0.05, 0.1) is 20.9 Å². The Morgan fingerprint density at radius 3 is 2.74 bits per heavy atom. The van der Waals surface area contributed by atoms with Crippen LogP contribution in [0.1, 0.15) is 32.6 Å². The van der Waals surface area contributed by atoms with E-state index in [1.807, 2.05) is 6.92 Å². The van der Waals surface area contributed by atoms with Crippen molar-refractivity contribution in [3.8, 4) is 0 Å². The minimum Gasteiger partial charge on any atom is -0.313 e. The summed E-state index contributed by atoms with van der Waals surface area (Å²) < 4.78 is 39.1. The molecule has 0 spiro atoms. The lowest BCUT2D eigenvalue weighted by Gasteiger charge is -2.31. The van der Waals surface area contributed by atoms with Crippen LogP contribution in [0.2, 0.25) is 0 Å².